The highest BCUT2D eigenvalue weighted by Crippen LogP contribution is 2.34. The molecule has 3 aromatic carbocycles. The van der Waals surface area contributed by atoms with E-state index in [1.807, 2.05) is 23.4 Å². The van der Waals surface area contributed by atoms with E-state index in [1.54, 1.807) is 0 Å². The lowest BCUT2D eigenvalue weighted by molar-refractivity contribution is 0.587. The van der Waals surface area contributed by atoms with Gasteiger partial charge in [0.25, 0.3) is 0 Å². The number of isothiocyanates is 1. The van der Waals surface area contributed by atoms with Crippen molar-refractivity contribution in [2.24, 2.45) is 4.99 Å². The number of fused-ring (bicyclic) bond motifs is 1. The molecule has 0 saturated carbocycles. The fourth-order valence-corrected chi connectivity index (χ4v) is 4.07. The van der Waals surface area contributed by atoms with Crippen LogP contribution in [0, 0.1) is 23.5 Å². The fourth-order valence-electron chi connectivity index (χ4n) is 3.98. The molecule has 33 heavy (non-hydrogen) atoms. The van der Waals surface area contributed by atoms with E-state index in [2.05, 4.69) is 66.3 Å². The summed E-state index contributed by atoms with van der Waals surface area (Å²) in [7, 11) is 0. The number of hydrogen-bond acceptors (Lipinski definition) is 2. The second-order valence-corrected chi connectivity index (χ2v) is 8.31. The van der Waals surface area contributed by atoms with E-state index >= 15 is 0 Å². The summed E-state index contributed by atoms with van der Waals surface area (Å²) >= 11 is 4.46. The van der Waals surface area contributed by atoms with Crippen LogP contribution in [-0.4, -0.2) is 5.16 Å². The van der Waals surface area contributed by atoms with Crippen LogP contribution in [0.3, 0.4) is 0 Å². The second-order valence-electron chi connectivity index (χ2n) is 8.13. The van der Waals surface area contributed by atoms with E-state index in [0.717, 1.165) is 35.1 Å². The Labute approximate surface area is 198 Å². The summed E-state index contributed by atoms with van der Waals surface area (Å²) in [5, 5.41) is 2.02. The highest BCUT2D eigenvalue weighted by atomic mass is 32.1. The van der Waals surface area contributed by atoms with Gasteiger partial charge >= 0.3 is 0 Å². The first-order valence-electron chi connectivity index (χ1n) is 11.1. The predicted octanol–water partition coefficient (Wildman–Crippen LogP) is 7.93. The predicted molar refractivity (Wildman–Crippen MR) is 135 cm³/mol. The summed E-state index contributed by atoms with van der Waals surface area (Å²) in [6.45, 7) is 2.20. The third kappa shape index (κ3) is 5.52. The first kappa shape index (κ1) is 22.8. The minimum absolute atomic E-state index is 0.399. The van der Waals surface area contributed by atoms with Crippen molar-refractivity contribution in [2.45, 2.75) is 39.0 Å². The quantitative estimate of drug-likeness (QED) is 0.216. The Kier molecular flexibility index (Phi) is 7.25. The van der Waals surface area contributed by atoms with E-state index in [4.69, 9.17) is 0 Å². The van der Waals surface area contributed by atoms with Crippen molar-refractivity contribution < 1.29 is 8.78 Å². The molecule has 4 heteroatoms. The van der Waals surface area contributed by atoms with Crippen molar-refractivity contribution in [1.29, 1.82) is 0 Å². The van der Waals surface area contributed by atoms with Crippen LogP contribution in [0.4, 0.5) is 14.5 Å². The van der Waals surface area contributed by atoms with E-state index in [0.29, 0.717) is 12.0 Å². The average molecular weight is 456 g/mol. The highest BCUT2D eigenvalue weighted by Gasteiger charge is 2.16. The lowest BCUT2D eigenvalue weighted by atomic mass is 9.87. The zero-order chi connectivity index (χ0) is 23.2. The molecule has 0 N–H and O–H groups in total. The van der Waals surface area contributed by atoms with Gasteiger partial charge in [-0.15, -0.1) is 0 Å². The molecule has 0 saturated heterocycles. The van der Waals surface area contributed by atoms with Crippen molar-refractivity contribution >= 4 is 34.7 Å². The smallest absolute Gasteiger partial charge is 0.153 e. The van der Waals surface area contributed by atoms with Gasteiger partial charge in [0.15, 0.2) is 11.6 Å². The van der Waals surface area contributed by atoms with Gasteiger partial charge in [-0.25, -0.2) is 8.78 Å². The summed E-state index contributed by atoms with van der Waals surface area (Å²) in [5.74, 6) is 5.02. The van der Waals surface area contributed by atoms with E-state index in [9.17, 15) is 8.78 Å². The molecular weight excluding hydrogens is 432 g/mol. The van der Waals surface area contributed by atoms with Crippen LogP contribution >= 0.6 is 12.2 Å². The van der Waals surface area contributed by atoms with Gasteiger partial charge < -0.3 is 0 Å². The number of unbranched alkanes of at least 4 members (excludes halogenated alkanes) is 1. The van der Waals surface area contributed by atoms with Crippen LogP contribution < -0.4 is 0 Å². The van der Waals surface area contributed by atoms with Crippen molar-refractivity contribution in [2.75, 3.05) is 0 Å². The fraction of sp³-hybridized carbons (Fsp3) is 0.207. The molecule has 0 atom stereocenters. The molecule has 0 heterocycles. The van der Waals surface area contributed by atoms with Gasteiger partial charge in [-0.05, 0) is 102 Å². The molecular formula is C29H23F2NS. The Morgan fingerprint density at radius 1 is 0.909 bits per heavy atom. The van der Waals surface area contributed by atoms with Crippen molar-refractivity contribution in [3.8, 4) is 11.8 Å². The highest BCUT2D eigenvalue weighted by molar-refractivity contribution is 7.78. The number of nitrogens with zero attached hydrogens (tertiary/aromatic N) is 1. The molecule has 0 unspecified atom stereocenters. The number of allylic oxidation sites excluding steroid dienone is 1. The first-order valence-corrected chi connectivity index (χ1v) is 11.5. The SMILES string of the molecule is CCCCc1ccc(C#Cc2ccc3c(c2)CCC(c2cc(F)c(N=C=S)c(F)c2)=C3)cc1. The molecule has 4 rings (SSSR count). The monoisotopic (exact) mass is 455 g/mol. The molecule has 3 aromatic rings. The summed E-state index contributed by atoms with van der Waals surface area (Å²) in [6, 6.07) is 17.2. The largest absolute Gasteiger partial charge is 0.204 e. The van der Waals surface area contributed by atoms with Crippen LogP contribution in [0.5, 0.6) is 0 Å². The van der Waals surface area contributed by atoms with Gasteiger partial charge in [-0.2, -0.15) is 4.99 Å². The minimum Gasteiger partial charge on any atom is -0.204 e. The van der Waals surface area contributed by atoms with Crippen LogP contribution in [0.1, 0.15) is 59.6 Å². The Hall–Kier alpha value is -3.38. The maximum Gasteiger partial charge on any atom is 0.153 e. The van der Waals surface area contributed by atoms with E-state index < -0.39 is 17.3 Å². The van der Waals surface area contributed by atoms with Gasteiger partial charge in [-0.1, -0.05) is 49.5 Å². The summed E-state index contributed by atoms with van der Waals surface area (Å²) < 4.78 is 28.5. The number of aliphatic imine (C=N–C) groups is 1. The molecule has 0 aliphatic heterocycles. The standard InChI is InChI=1S/C29H23F2NS/c1-2-3-4-20-5-7-21(8-6-20)9-10-22-11-12-24-16-25(14-13-23(24)15-22)26-17-27(30)29(32-19-33)28(31)18-26/h5-8,11-12,15-18H,2-4,13-14H2,1H3. The second kappa shape index (κ2) is 10.5. The molecule has 1 aliphatic rings. The normalized spacial score (nSPS) is 12.2. The topological polar surface area (TPSA) is 12.4 Å². The lowest BCUT2D eigenvalue weighted by Crippen LogP contribution is -2.00. The van der Waals surface area contributed by atoms with Gasteiger partial charge in [0.2, 0.25) is 0 Å². The van der Waals surface area contributed by atoms with Crippen LogP contribution in [-0.2, 0) is 12.8 Å². The maximum atomic E-state index is 14.2. The summed E-state index contributed by atoms with van der Waals surface area (Å²) in [4.78, 5) is 3.48. The number of hydrogen-bond donors (Lipinski definition) is 0. The van der Waals surface area contributed by atoms with Gasteiger partial charge in [0.1, 0.15) is 5.69 Å². The average Bonchev–Trinajstić information content (AvgIpc) is 2.83. The summed E-state index contributed by atoms with van der Waals surface area (Å²) in [6.07, 6.45) is 6.97. The molecule has 0 fully saturated rings. The van der Waals surface area contributed by atoms with Gasteiger partial charge in [0, 0.05) is 11.1 Å². The Bertz CT molecular complexity index is 1300. The number of thiocarbonyl (C=S) groups is 1. The van der Waals surface area contributed by atoms with Gasteiger partial charge in [0.05, 0.1) is 5.16 Å². The lowest BCUT2D eigenvalue weighted by Gasteiger charge is -2.17. The number of aryl methyl sites for hydroxylation is 2. The molecule has 0 bridgehead atoms. The van der Waals surface area contributed by atoms with Crippen LogP contribution in [0.2, 0.25) is 0 Å². The Balaban J connectivity index is 1.54. The Morgan fingerprint density at radius 2 is 1.61 bits per heavy atom. The third-order valence-electron chi connectivity index (χ3n) is 5.81. The number of benzene rings is 3. The zero-order valence-electron chi connectivity index (χ0n) is 18.4. The van der Waals surface area contributed by atoms with Gasteiger partial charge in [-0.3, -0.25) is 0 Å². The molecule has 1 aliphatic carbocycles. The minimum atomic E-state index is -0.738. The van der Waals surface area contributed by atoms with Crippen LogP contribution in [0.25, 0.3) is 11.6 Å². The van der Waals surface area contributed by atoms with Crippen molar-refractivity contribution in [3.63, 3.8) is 0 Å². The molecule has 1 nitrogen and oxygen atoms in total. The molecule has 0 amide bonds. The molecule has 164 valence electrons. The van der Waals surface area contributed by atoms with E-state index in [1.165, 1.54) is 36.1 Å². The Morgan fingerprint density at radius 3 is 2.30 bits per heavy atom. The number of halogens is 2. The maximum absolute atomic E-state index is 14.2. The third-order valence-corrected chi connectivity index (χ3v) is 5.90. The zero-order valence-corrected chi connectivity index (χ0v) is 19.2. The van der Waals surface area contributed by atoms with Crippen LogP contribution in [0.15, 0.2) is 59.6 Å². The summed E-state index contributed by atoms with van der Waals surface area (Å²) in [5.41, 5.74) is 6.54. The molecule has 0 radical (unpaired) electrons. The first-order chi connectivity index (χ1) is 16.1. The van der Waals surface area contributed by atoms with Crippen molar-refractivity contribution in [1.82, 2.24) is 0 Å². The number of rotatable bonds is 5. The van der Waals surface area contributed by atoms with Crippen molar-refractivity contribution in [3.05, 3.63) is 99.6 Å². The van der Waals surface area contributed by atoms with E-state index in [-0.39, 0.29) is 0 Å². The molecule has 0 spiro atoms. The molecule has 0 aromatic heterocycles.